The van der Waals surface area contributed by atoms with Crippen LogP contribution in [0.25, 0.3) is 11.6 Å². The Morgan fingerprint density at radius 3 is 2.46 bits per heavy atom. The van der Waals surface area contributed by atoms with Crippen molar-refractivity contribution in [3.05, 3.63) is 105 Å². The lowest BCUT2D eigenvalue weighted by molar-refractivity contribution is 0.625. The van der Waals surface area contributed by atoms with Gasteiger partial charge in [-0.25, -0.2) is 4.39 Å². The van der Waals surface area contributed by atoms with Crippen LogP contribution in [0.15, 0.2) is 66.7 Å². The maximum absolute atomic E-state index is 13.7. The Kier molecular flexibility index (Phi) is 3.95. The molecule has 2 heteroatoms. The van der Waals surface area contributed by atoms with Crippen LogP contribution in [0, 0.1) is 5.82 Å². The molecule has 3 aromatic rings. The van der Waals surface area contributed by atoms with Crippen LogP contribution in [0.5, 0.6) is 0 Å². The fourth-order valence-corrected chi connectivity index (χ4v) is 3.56. The fraction of sp³-hybridized carbons (Fsp3) is 0.0909. The van der Waals surface area contributed by atoms with Gasteiger partial charge in [-0.05, 0) is 76.6 Å². The Labute approximate surface area is 146 Å². The molecule has 0 spiro atoms. The first-order valence-corrected chi connectivity index (χ1v) is 8.43. The van der Waals surface area contributed by atoms with Gasteiger partial charge >= 0.3 is 0 Å². The Bertz CT molecular complexity index is 940. The van der Waals surface area contributed by atoms with Crippen LogP contribution in [-0.4, -0.2) is 0 Å². The van der Waals surface area contributed by atoms with Gasteiger partial charge in [-0.1, -0.05) is 54.1 Å². The minimum atomic E-state index is -0.179. The molecule has 0 amide bonds. The van der Waals surface area contributed by atoms with Gasteiger partial charge in [0.05, 0.1) is 0 Å². The van der Waals surface area contributed by atoms with Crippen LogP contribution in [0.4, 0.5) is 4.39 Å². The molecule has 0 aliphatic heterocycles. The molecule has 0 aromatic heterocycles. The van der Waals surface area contributed by atoms with Gasteiger partial charge in [-0.2, -0.15) is 0 Å². The van der Waals surface area contributed by atoms with E-state index in [-0.39, 0.29) is 5.82 Å². The molecule has 0 radical (unpaired) electrons. The van der Waals surface area contributed by atoms with Crippen LogP contribution in [0.1, 0.15) is 27.8 Å². The summed E-state index contributed by atoms with van der Waals surface area (Å²) in [5.41, 5.74) is 6.83. The van der Waals surface area contributed by atoms with E-state index >= 15 is 0 Å². The molecule has 0 nitrogen and oxygen atoms in total. The van der Waals surface area contributed by atoms with Gasteiger partial charge < -0.3 is 0 Å². The van der Waals surface area contributed by atoms with Gasteiger partial charge in [0.15, 0.2) is 0 Å². The number of hydrogen-bond acceptors (Lipinski definition) is 0. The molecule has 4 rings (SSSR count). The summed E-state index contributed by atoms with van der Waals surface area (Å²) in [7, 11) is 0. The average molecular weight is 335 g/mol. The lowest BCUT2D eigenvalue weighted by atomic mass is 9.92. The summed E-state index contributed by atoms with van der Waals surface area (Å²) in [6.45, 7) is 0. The topological polar surface area (TPSA) is 0 Å². The highest BCUT2D eigenvalue weighted by Gasteiger charge is 2.18. The highest BCUT2D eigenvalue weighted by atomic mass is 35.5. The molecule has 3 aromatic carbocycles. The summed E-state index contributed by atoms with van der Waals surface area (Å²) in [6.07, 6.45) is 3.91. The quantitative estimate of drug-likeness (QED) is 0.499. The van der Waals surface area contributed by atoms with Crippen molar-refractivity contribution >= 4 is 23.3 Å². The molecule has 0 heterocycles. The van der Waals surface area contributed by atoms with Crippen LogP contribution >= 0.6 is 11.6 Å². The van der Waals surface area contributed by atoms with Gasteiger partial charge in [0.2, 0.25) is 0 Å². The van der Waals surface area contributed by atoms with Crippen molar-refractivity contribution in [2.75, 3.05) is 0 Å². The minimum absolute atomic E-state index is 0.179. The van der Waals surface area contributed by atoms with Crippen LogP contribution < -0.4 is 0 Å². The highest BCUT2D eigenvalue weighted by Crippen LogP contribution is 2.35. The predicted molar refractivity (Wildman–Crippen MR) is 98.7 cm³/mol. The standard InChI is InChI=1S/C22H16ClF/c23-18-6-3-4-15(12-18)13-22-20-7-2-1-5-16(20)8-9-17-14-19(24)10-11-21(17)22/h1-7,10-14H,8-9H2/b22-13+. The molecule has 0 saturated heterocycles. The van der Waals surface area contributed by atoms with E-state index in [0.29, 0.717) is 5.02 Å². The molecule has 0 saturated carbocycles. The Morgan fingerprint density at radius 1 is 0.792 bits per heavy atom. The minimum Gasteiger partial charge on any atom is -0.207 e. The molecule has 0 bridgehead atoms. The van der Waals surface area contributed by atoms with Crippen molar-refractivity contribution in [1.29, 1.82) is 0 Å². The third kappa shape index (κ3) is 2.88. The zero-order chi connectivity index (χ0) is 16.5. The Morgan fingerprint density at radius 2 is 1.58 bits per heavy atom. The van der Waals surface area contributed by atoms with Crippen molar-refractivity contribution in [1.82, 2.24) is 0 Å². The predicted octanol–water partition coefficient (Wildman–Crippen LogP) is 6.17. The van der Waals surface area contributed by atoms with Gasteiger partial charge in [-0.15, -0.1) is 0 Å². The summed E-state index contributed by atoms with van der Waals surface area (Å²) >= 11 is 6.14. The zero-order valence-corrected chi connectivity index (χ0v) is 13.9. The normalized spacial score (nSPS) is 14.8. The molecule has 0 unspecified atom stereocenters. The molecule has 1 aliphatic carbocycles. The first kappa shape index (κ1) is 15.2. The van der Waals surface area contributed by atoms with Crippen molar-refractivity contribution in [2.24, 2.45) is 0 Å². The molecule has 24 heavy (non-hydrogen) atoms. The lowest BCUT2D eigenvalue weighted by Gasteiger charge is -2.12. The highest BCUT2D eigenvalue weighted by molar-refractivity contribution is 6.30. The summed E-state index contributed by atoms with van der Waals surface area (Å²) in [5.74, 6) is -0.179. The van der Waals surface area contributed by atoms with E-state index in [0.717, 1.165) is 35.1 Å². The molecular formula is C22H16ClF. The van der Waals surface area contributed by atoms with Crippen molar-refractivity contribution < 1.29 is 4.39 Å². The molecular weight excluding hydrogens is 319 g/mol. The summed E-state index contributed by atoms with van der Waals surface area (Å²) in [4.78, 5) is 0. The molecule has 1 aliphatic rings. The van der Waals surface area contributed by atoms with Crippen molar-refractivity contribution in [2.45, 2.75) is 12.8 Å². The summed E-state index contributed by atoms with van der Waals surface area (Å²) in [5, 5.41) is 0.714. The largest absolute Gasteiger partial charge is 0.207 e. The van der Waals surface area contributed by atoms with Crippen LogP contribution in [0.3, 0.4) is 0 Å². The number of benzene rings is 3. The molecule has 118 valence electrons. The monoisotopic (exact) mass is 334 g/mol. The second-order valence-corrected chi connectivity index (χ2v) is 6.51. The van der Waals surface area contributed by atoms with E-state index in [1.807, 2.05) is 30.3 Å². The Hall–Kier alpha value is -2.38. The maximum atomic E-state index is 13.7. The van der Waals surface area contributed by atoms with E-state index in [9.17, 15) is 4.39 Å². The summed E-state index contributed by atoms with van der Waals surface area (Å²) in [6, 6.07) is 21.3. The lowest BCUT2D eigenvalue weighted by Crippen LogP contribution is -1.93. The van der Waals surface area contributed by atoms with Gasteiger partial charge in [0.25, 0.3) is 0 Å². The van der Waals surface area contributed by atoms with E-state index in [2.05, 4.69) is 30.3 Å². The molecule has 0 atom stereocenters. The number of fused-ring (bicyclic) bond motifs is 2. The van der Waals surface area contributed by atoms with Crippen molar-refractivity contribution in [3.63, 3.8) is 0 Å². The van der Waals surface area contributed by atoms with E-state index < -0.39 is 0 Å². The Balaban J connectivity index is 1.97. The van der Waals surface area contributed by atoms with Crippen LogP contribution in [0.2, 0.25) is 5.02 Å². The fourth-order valence-electron chi connectivity index (χ4n) is 3.37. The second-order valence-electron chi connectivity index (χ2n) is 6.07. The average Bonchev–Trinajstić information content (AvgIpc) is 2.73. The molecule has 0 fully saturated rings. The third-order valence-electron chi connectivity index (χ3n) is 4.49. The zero-order valence-electron chi connectivity index (χ0n) is 13.1. The second kappa shape index (κ2) is 6.26. The van der Waals surface area contributed by atoms with E-state index in [1.54, 1.807) is 12.1 Å². The first-order chi connectivity index (χ1) is 11.7. The number of aryl methyl sites for hydroxylation is 2. The first-order valence-electron chi connectivity index (χ1n) is 8.05. The SMILES string of the molecule is Fc1ccc2c(c1)CCc1ccccc1/C2=C\c1cccc(Cl)c1. The van der Waals surface area contributed by atoms with E-state index in [1.165, 1.54) is 11.1 Å². The van der Waals surface area contributed by atoms with Gasteiger partial charge in [0, 0.05) is 5.02 Å². The number of hydrogen-bond donors (Lipinski definition) is 0. The van der Waals surface area contributed by atoms with Crippen LogP contribution in [-0.2, 0) is 12.8 Å². The number of rotatable bonds is 1. The van der Waals surface area contributed by atoms with Crippen molar-refractivity contribution in [3.8, 4) is 0 Å². The van der Waals surface area contributed by atoms with E-state index in [4.69, 9.17) is 11.6 Å². The van der Waals surface area contributed by atoms with Gasteiger partial charge in [-0.3, -0.25) is 0 Å². The smallest absolute Gasteiger partial charge is 0.123 e. The summed E-state index contributed by atoms with van der Waals surface area (Å²) < 4.78 is 13.7. The number of halogens is 2. The maximum Gasteiger partial charge on any atom is 0.123 e. The third-order valence-corrected chi connectivity index (χ3v) is 4.72. The van der Waals surface area contributed by atoms with Gasteiger partial charge in [0.1, 0.15) is 5.82 Å². The molecule has 0 N–H and O–H groups in total.